The standard InChI is InChI=1S/C5H10NO2/c1-4(2)6-5(8)3-7/h4,7H,1,3H2,2H3,(H,6,8). The van der Waals surface area contributed by atoms with E-state index in [9.17, 15) is 4.79 Å². The molecule has 0 spiro atoms. The maximum Gasteiger partial charge on any atom is 0.245 e. The molecule has 1 radical (unpaired) electrons. The number of hydrogen-bond donors (Lipinski definition) is 2. The zero-order valence-electron chi connectivity index (χ0n) is 4.85. The number of carbonyl (C=O) groups is 1. The Labute approximate surface area is 48.7 Å². The first-order chi connectivity index (χ1) is 3.66. The molecule has 1 amide bonds. The summed E-state index contributed by atoms with van der Waals surface area (Å²) >= 11 is 0. The minimum atomic E-state index is -0.458. The van der Waals surface area contributed by atoms with E-state index in [0.717, 1.165) is 0 Å². The smallest absolute Gasteiger partial charge is 0.245 e. The van der Waals surface area contributed by atoms with Gasteiger partial charge in [-0.3, -0.25) is 4.79 Å². The van der Waals surface area contributed by atoms with Gasteiger partial charge >= 0.3 is 0 Å². The van der Waals surface area contributed by atoms with Gasteiger partial charge in [-0.1, -0.05) is 0 Å². The van der Waals surface area contributed by atoms with Gasteiger partial charge in [0.2, 0.25) is 5.91 Å². The van der Waals surface area contributed by atoms with Crippen LogP contribution in [0.5, 0.6) is 0 Å². The van der Waals surface area contributed by atoms with Gasteiger partial charge in [0.05, 0.1) is 0 Å². The third kappa shape index (κ3) is 3.61. The molecule has 2 N–H and O–H groups in total. The van der Waals surface area contributed by atoms with Crippen LogP contribution in [0.15, 0.2) is 0 Å². The molecule has 0 aliphatic rings. The van der Waals surface area contributed by atoms with E-state index >= 15 is 0 Å². The Hall–Kier alpha value is -0.570. The van der Waals surface area contributed by atoms with Gasteiger partial charge < -0.3 is 10.4 Å². The summed E-state index contributed by atoms with van der Waals surface area (Å²) in [6.07, 6.45) is 0. The molecule has 0 heterocycles. The Morgan fingerprint density at radius 2 is 2.50 bits per heavy atom. The summed E-state index contributed by atoms with van der Waals surface area (Å²) < 4.78 is 0. The number of rotatable bonds is 2. The lowest BCUT2D eigenvalue weighted by Gasteiger charge is -2.03. The van der Waals surface area contributed by atoms with Crippen LogP contribution in [0, 0.1) is 6.92 Å². The third-order valence-corrected chi connectivity index (χ3v) is 0.551. The molecule has 0 aromatic rings. The second-order valence-electron chi connectivity index (χ2n) is 1.63. The molecule has 0 fully saturated rings. The van der Waals surface area contributed by atoms with Crippen molar-refractivity contribution in [3.63, 3.8) is 0 Å². The van der Waals surface area contributed by atoms with Crippen molar-refractivity contribution < 1.29 is 9.90 Å². The van der Waals surface area contributed by atoms with Gasteiger partial charge in [0.1, 0.15) is 6.61 Å². The maximum absolute atomic E-state index is 10.2. The van der Waals surface area contributed by atoms with E-state index in [2.05, 4.69) is 12.2 Å². The molecule has 1 atom stereocenters. The predicted octanol–water partition coefficient (Wildman–Crippen LogP) is -0.683. The Kier molecular flexibility index (Phi) is 3.19. The zero-order chi connectivity index (χ0) is 6.57. The lowest BCUT2D eigenvalue weighted by molar-refractivity contribution is -0.124. The van der Waals surface area contributed by atoms with Crippen LogP contribution in [0.4, 0.5) is 0 Å². The summed E-state index contributed by atoms with van der Waals surface area (Å²) in [4.78, 5) is 10.2. The van der Waals surface area contributed by atoms with Gasteiger partial charge in [0.15, 0.2) is 0 Å². The second kappa shape index (κ2) is 3.43. The fourth-order valence-electron chi connectivity index (χ4n) is 0.320. The Balaban J connectivity index is 3.25. The zero-order valence-corrected chi connectivity index (χ0v) is 4.85. The number of amides is 1. The molecule has 47 valence electrons. The minimum absolute atomic E-state index is 0.130. The van der Waals surface area contributed by atoms with Crippen LogP contribution >= 0.6 is 0 Å². The molecule has 0 rings (SSSR count). The van der Waals surface area contributed by atoms with E-state index in [0.29, 0.717) is 0 Å². The highest BCUT2D eigenvalue weighted by Crippen LogP contribution is 1.73. The van der Waals surface area contributed by atoms with E-state index in [4.69, 9.17) is 5.11 Å². The fourth-order valence-corrected chi connectivity index (χ4v) is 0.320. The maximum atomic E-state index is 10.2. The summed E-state index contributed by atoms with van der Waals surface area (Å²) in [5, 5.41) is 10.5. The molecule has 1 unspecified atom stereocenters. The van der Waals surface area contributed by atoms with Crippen molar-refractivity contribution >= 4 is 5.91 Å². The molecule has 3 heteroatoms. The van der Waals surface area contributed by atoms with E-state index in [-0.39, 0.29) is 11.9 Å². The van der Waals surface area contributed by atoms with Crippen molar-refractivity contribution in [1.82, 2.24) is 5.32 Å². The first-order valence-corrected chi connectivity index (χ1v) is 2.40. The Morgan fingerprint density at radius 3 is 2.62 bits per heavy atom. The molecule has 0 saturated heterocycles. The van der Waals surface area contributed by atoms with E-state index < -0.39 is 6.61 Å². The molecule has 8 heavy (non-hydrogen) atoms. The highest BCUT2D eigenvalue weighted by Gasteiger charge is 1.97. The van der Waals surface area contributed by atoms with E-state index in [1.165, 1.54) is 0 Å². The second-order valence-corrected chi connectivity index (χ2v) is 1.63. The first kappa shape index (κ1) is 7.43. The van der Waals surface area contributed by atoms with Crippen molar-refractivity contribution in [2.45, 2.75) is 13.0 Å². The van der Waals surface area contributed by atoms with Crippen LogP contribution in [0.25, 0.3) is 0 Å². The Bertz CT molecular complexity index is 80.5. The van der Waals surface area contributed by atoms with Crippen molar-refractivity contribution in [2.75, 3.05) is 6.61 Å². The monoisotopic (exact) mass is 116 g/mol. The number of carbonyl (C=O) groups excluding carboxylic acids is 1. The SMILES string of the molecule is [CH2]C(C)NC(=O)CO. The predicted molar refractivity (Wildman–Crippen MR) is 30.0 cm³/mol. The molecule has 0 saturated carbocycles. The van der Waals surface area contributed by atoms with Crippen LogP contribution in [0.3, 0.4) is 0 Å². The minimum Gasteiger partial charge on any atom is -0.387 e. The van der Waals surface area contributed by atoms with Crippen molar-refractivity contribution in [1.29, 1.82) is 0 Å². The summed E-state index contributed by atoms with van der Waals surface area (Å²) in [5.74, 6) is -0.382. The number of aliphatic hydroxyl groups is 1. The fraction of sp³-hybridized carbons (Fsp3) is 0.600. The van der Waals surface area contributed by atoms with Gasteiger partial charge in [-0.25, -0.2) is 0 Å². The summed E-state index contributed by atoms with van der Waals surface area (Å²) in [5.41, 5.74) is 0. The number of nitrogens with one attached hydrogen (secondary N) is 1. The molecule has 0 aromatic carbocycles. The quantitative estimate of drug-likeness (QED) is 0.502. The van der Waals surface area contributed by atoms with Gasteiger partial charge in [-0.2, -0.15) is 0 Å². The topological polar surface area (TPSA) is 49.3 Å². The van der Waals surface area contributed by atoms with Crippen LogP contribution in [0.1, 0.15) is 6.92 Å². The molecular formula is C5H10NO2. The average molecular weight is 116 g/mol. The lowest BCUT2D eigenvalue weighted by atomic mass is 10.4. The first-order valence-electron chi connectivity index (χ1n) is 2.40. The molecule has 3 nitrogen and oxygen atoms in total. The molecule has 0 aliphatic heterocycles. The van der Waals surface area contributed by atoms with Gasteiger partial charge in [-0.05, 0) is 13.8 Å². The lowest BCUT2D eigenvalue weighted by Crippen LogP contribution is -2.32. The van der Waals surface area contributed by atoms with Gasteiger partial charge in [0, 0.05) is 6.04 Å². The largest absolute Gasteiger partial charge is 0.387 e. The Morgan fingerprint density at radius 1 is 2.00 bits per heavy atom. The van der Waals surface area contributed by atoms with Crippen LogP contribution in [-0.2, 0) is 4.79 Å². The molecule has 0 aliphatic carbocycles. The van der Waals surface area contributed by atoms with Gasteiger partial charge in [-0.15, -0.1) is 0 Å². The summed E-state index contributed by atoms with van der Waals surface area (Å²) in [6.45, 7) is 4.75. The van der Waals surface area contributed by atoms with Crippen LogP contribution in [-0.4, -0.2) is 23.7 Å². The van der Waals surface area contributed by atoms with Crippen LogP contribution in [0.2, 0.25) is 0 Å². The number of hydrogen-bond acceptors (Lipinski definition) is 2. The number of aliphatic hydroxyl groups excluding tert-OH is 1. The highest BCUT2D eigenvalue weighted by molar-refractivity contribution is 5.77. The molecule has 0 bridgehead atoms. The van der Waals surface area contributed by atoms with Crippen molar-refractivity contribution in [3.05, 3.63) is 6.92 Å². The summed E-state index contributed by atoms with van der Waals surface area (Å²) in [7, 11) is 0. The van der Waals surface area contributed by atoms with E-state index in [1.54, 1.807) is 6.92 Å². The molecule has 0 aromatic heterocycles. The third-order valence-electron chi connectivity index (χ3n) is 0.551. The molecular weight excluding hydrogens is 106 g/mol. The normalized spacial score (nSPS) is 9.50. The summed E-state index contributed by atoms with van der Waals surface area (Å²) in [6, 6.07) is -0.130. The van der Waals surface area contributed by atoms with Crippen LogP contribution < -0.4 is 5.32 Å². The van der Waals surface area contributed by atoms with Gasteiger partial charge in [0.25, 0.3) is 0 Å². The average Bonchev–Trinajstić information content (AvgIpc) is 1.65. The highest BCUT2D eigenvalue weighted by atomic mass is 16.3. The van der Waals surface area contributed by atoms with Crippen molar-refractivity contribution in [3.8, 4) is 0 Å². The van der Waals surface area contributed by atoms with E-state index in [1.807, 2.05) is 0 Å². The van der Waals surface area contributed by atoms with Crippen molar-refractivity contribution in [2.24, 2.45) is 0 Å².